The molecule has 0 fully saturated rings. The van der Waals surface area contributed by atoms with Gasteiger partial charge in [0.2, 0.25) is 11.8 Å². The van der Waals surface area contributed by atoms with Crippen molar-refractivity contribution in [1.82, 2.24) is 10.6 Å². The Morgan fingerprint density at radius 2 is 1.05 bits per heavy atom. The number of nitrogens with one attached hydrogen (secondary N) is 2. The number of ether oxygens (including phenoxy) is 4. The van der Waals surface area contributed by atoms with Crippen LogP contribution in [0.25, 0.3) is 0 Å². The lowest BCUT2D eigenvalue weighted by Gasteiger charge is -2.19. The molecule has 0 rings (SSSR count). The minimum absolute atomic E-state index is 0.0122. The number of hydrogen-bond donors (Lipinski definition) is 3. The lowest BCUT2D eigenvalue weighted by Crippen LogP contribution is -2.25. The van der Waals surface area contributed by atoms with Crippen molar-refractivity contribution in [2.24, 2.45) is 0 Å². The Bertz CT molecular complexity index is 636. The molecule has 0 heterocycles. The van der Waals surface area contributed by atoms with Gasteiger partial charge in [0.05, 0.1) is 32.8 Å². The van der Waals surface area contributed by atoms with Gasteiger partial charge < -0.3 is 34.7 Å². The van der Waals surface area contributed by atoms with Crippen LogP contribution in [-0.4, -0.2) is 87.2 Å². The third-order valence-corrected chi connectivity index (χ3v) is 4.84. The maximum absolute atomic E-state index is 11.8. The molecule has 0 radical (unpaired) electrons. The van der Waals surface area contributed by atoms with Gasteiger partial charge >= 0.3 is 11.9 Å². The summed E-state index contributed by atoms with van der Waals surface area (Å²) in [5.74, 6) is -1.39. The van der Waals surface area contributed by atoms with Gasteiger partial charge in [-0.2, -0.15) is 0 Å². The monoisotopic (exact) mass is 532 g/mol. The van der Waals surface area contributed by atoms with Crippen LogP contribution in [0.1, 0.15) is 85.0 Å². The molecule has 0 bridgehead atoms. The molecule has 216 valence electrons. The second-order valence-corrected chi connectivity index (χ2v) is 9.64. The first kappa shape index (κ1) is 34.8. The van der Waals surface area contributed by atoms with Gasteiger partial charge in [-0.25, -0.2) is 0 Å². The SMILES string of the molecule is CC(C)(C)OC(=O)CCCCCCC(=O)NCCCOCCOCCOCCCNC(=O)CCC(=O)O. The van der Waals surface area contributed by atoms with E-state index in [1.165, 1.54) is 0 Å². The summed E-state index contributed by atoms with van der Waals surface area (Å²) in [6.45, 7) is 9.46. The van der Waals surface area contributed by atoms with Crippen LogP contribution >= 0.6 is 0 Å². The summed E-state index contributed by atoms with van der Waals surface area (Å²) < 4.78 is 21.6. The number of esters is 1. The number of carboxylic acid groups (broad SMARTS) is 1. The molecule has 0 spiro atoms. The fourth-order valence-electron chi connectivity index (χ4n) is 3.04. The highest BCUT2D eigenvalue weighted by molar-refractivity contribution is 5.80. The van der Waals surface area contributed by atoms with Crippen LogP contribution < -0.4 is 10.6 Å². The van der Waals surface area contributed by atoms with Crippen LogP contribution in [0.5, 0.6) is 0 Å². The topological polar surface area (TPSA) is 149 Å². The highest BCUT2D eigenvalue weighted by Gasteiger charge is 2.15. The van der Waals surface area contributed by atoms with Crippen molar-refractivity contribution in [3.63, 3.8) is 0 Å². The molecule has 0 aliphatic carbocycles. The number of rotatable bonds is 24. The van der Waals surface area contributed by atoms with E-state index in [0.717, 1.165) is 32.1 Å². The number of carbonyl (C=O) groups excluding carboxylic acids is 3. The van der Waals surface area contributed by atoms with E-state index in [9.17, 15) is 19.2 Å². The maximum Gasteiger partial charge on any atom is 0.306 e. The van der Waals surface area contributed by atoms with Gasteiger partial charge in [0.1, 0.15) is 5.60 Å². The Kier molecular flexibility index (Phi) is 21.5. The molecule has 0 aliphatic rings. The van der Waals surface area contributed by atoms with Gasteiger partial charge in [-0.1, -0.05) is 12.8 Å². The molecule has 0 aliphatic heterocycles. The first-order valence-corrected chi connectivity index (χ1v) is 13.3. The van der Waals surface area contributed by atoms with Crippen LogP contribution in [0.3, 0.4) is 0 Å². The van der Waals surface area contributed by atoms with Crippen molar-refractivity contribution in [1.29, 1.82) is 0 Å². The highest BCUT2D eigenvalue weighted by atomic mass is 16.6. The molecule has 0 aromatic carbocycles. The fraction of sp³-hybridized carbons (Fsp3) is 0.846. The van der Waals surface area contributed by atoms with Gasteiger partial charge in [0.15, 0.2) is 0 Å². The van der Waals surface area contributed by atoms with E-state index >= 15 is 0 Å². The molecular formula is C26H48N2O9. The van der Waals surface area contributed by atoms with E-state index in [-0.39, 0.29) is 30.6 Å². The number of hydrogen-bond acceptors (Lipinski definition) is 8. The zero-order valence-corrected chi connectivity index (χ0v) is 22.9. The zero-order valence-electron chi connectivity index (χ0n) is 22.9. The summed E-state index contributed by atoms with van der Waals surface area (Å²) in [6, 6.07) is 0. The van der Waals surface area contributed by atoms with E-state index < -0.39 is 11.6 Å². The highest BCUT2D eigenvalue weighted by Crippen LogP contribution is 2.11. The molecule has 11 heteroatoms. The molecule has 0 atom stereocenters. The van der Waals surface area contributed by atoms with Crippen molar-refractivity contribution < 1.29 is 43.2 Å². The van der Waals surface area contributed by atoms with Gasteiger partial charge in [-0.3, -0.25) is 19.2 Å². The molecule has 0 aromatic heterocycles. The quantitative estimate of drug-likeness (QED) is 0.126. The lowest BCUT2D eigenvalue weighted by molar-refractivity contribution is -0.155. The molecule has 11 nitrogen and oxygen atoms in total. The second kappa shape index (κ2) is 22.9. The number of unbranched alkanes of at least 4 members (excludes halogenated alkanes) is 3. The Morgan fingerprint density at radius 1 is 0.595 bits per heavy atom. The Labute approximate surface area is 221 Å². The Morgan fingerprint density at radius 3 is 1.54 bits per heavy atom. The zero-order chi connectivity index (χ0) is 27.8. The van der Waals surface area contributed by atoms with E-state index in [2.05, 4.69) is 10.6 Å². The minimum atomic E-state index is -0.985. The number of aliphatic carboxylic acids is 1. The lowest BCUT2D eigenvalue weighted by atomic mass is 10.1. The largest absolute Gasteiger partial charge is 0.481 e. The number of carbonyl (C=O) groups is 4. The van der Waals surface area contributed by atoms with Crippen LogP contribution in [0.2, 0.25) is 0 Å². The molecule has 0 saturated heterocycles. The molecule has 37 heavy (non-hydrogen) atoms. The van der Waals surface area contributed by atoms with Crippen molar-refractivity contribution in [3.8, 4) is 0 Å². The van der Waals surface area contributed by atoms with Crippen LogP contribution in [-0.2, 0) is 38.1 Å². The van der Waals surface area contributed by atoms with Crippen LogP contribution in [0.15, 0.2) is 0 Å². The van der Waals surface area contributed by atoms with Crippen molar-refractivity contribution in [2.75, 3.05) is 52.7 Å². The predicted molar refractivity (Wildman–Crippen MR) is 138 cm³/mol. The molecule has 0 unspecified atom stereocenters. The van der Waals surface area contributed by atoms with Gasteiger partial charge in [-0.15, -0.1) is 0 Å². The summed E-state index contributed by atoms with van der Waals surface area (Å²) in [5.41, 5.74) is -0.442. The smallest absolute Gasteiger partial charge is 0.306 e. The van der Waals surface area contributed by atoms with Crippen molar-refractivity contribution >= 4 is 23.8 Å². The van der Waals surface area contributed by atoms with E-state index in [1.54, 1.807) is 0 Å². The van der Waals surface area contributed by atoms with Gasteiger partial charge in [0, 0.05) is 45.6 Å². The molecule has 0 saturated carbocycles. The van der Waals surface area contributed by atoms with E-state index in [4.69, 9.17) is 24.1 Å². The molecule has 2 amide bonds. The maximum atomic E-state index is 11.8. The average molecular weight is 533 g/mol. The Balaban J connectivity index is 3.30. The first-order valence-electron chi connectivity index (χ1n) is 13.3. The summed E-state index contributed by atoms with van der Waals surface area (Å²) in [5, 5.41) is 14.0. The van der Waals surface area contributed by atoms with Gasteiger partial charge in [0.25, 0.3) is 0 Å². The van der Waals surface area contributed by atoms with Crippen LogP contribution in [0, 0.1) is 0 Å². The van der Waals surface area contributed by atoms with Gasteiger partial charge in [-0.05, 0) is 46.5 Å². The Hall–Kier alpha value is -2.24. The predicted octanol–water partition coefficient (Wildman–Crippen LogP) is 2.60. The summed E-state index contributed by atoms with van der Waals surface area (Å²) >= 11 is 0. The number of carboxylic acids is 1. The number of amides is 2. The second-order valence-electron chi connectivity index (χ2n) is 9.64. The molecule has 0 aromatic rings. The average Bonchev–Trinajstić information content (AvgIpc) is 2.81. The van der Waals surface area contributed by atoms with E-state index in [1.807, 2.05) is 20.8 Å². The van der Waals surface area contributed by atoms with Crippen molar-refractivity contribution in [2.45, 2.75) is 90.6 Å². The first-order chi connectivity index (χ1) is 17.6. The standard InChI is InChI=1S/C26H48N2O9/c1-26(2,3)37-25(33)11-7-5-4-6-10-22(29)27-14-8-16-34-18-20-36-21-19-35-17-9-15-28-23(30)12-13-24(31)32/h4-21H2,1-3H3,(H,27,29)(H,28,30)(H,31,32). The third kappa shape index (κ3) is 28.2. The normalized spacial score (nSPS) is 11.2. The van der Waals surface area contributed by atoms with Crippen LogP contribution in [0.4, 0.5) is 0 Å². The van der Waals surface area contributed by atoms with Crippen molar-refractivity contribution in [3.05, 3.63) is 0 Å². The van der Waals surface area contributed by atoms with E-state index in [0.29, 0.717) is 72.0 Å². The fourth-order valence-corrected chi connectivity index (χ4v) is 3.04. The molecule has 3 N–H and O–H groups in total. The summed E-state index contributed by atoms with van der Waals surface area (Å²) in [7, 11) is 0. The summed E-state index contributed by atoms with van der Waals surface area (Å²) in [6.07, 6.45) is 5.53. The molecular weight excluding hydrogens is 484 g/mol. The third-order valence-electron chi connectivity index (χ3n) is 4.84. The minimum Gasteiger partial charge on any atom is -0.481 e. The summed E-state index contributed by atoms with van der Waals surface area (Å²) in [4.78, 5) is 45.2.